The molecule has 0 aliphatic heterocycles. The van der Waals surface area contributed by atoms with Gasteiger partial charge in [0.2, 0.25) is 5.82 Å². The van der Waals surface area contributed by atoms with Gasteiger partial charge < -0.3 is 5.11 Å². The van der Waals surface area contributed by atoms with Gasteiger partial charge >= 0.3 is 5.97 Å². The summed E-state index contributed by atoms with van der Waals surface area (Å²) >= 11 is 0. The molecule has 1 atom stereocenters. The molecule has 5 aromatic rings. The Balaban J connectivity index is 1.63. The molecule has 0 fully saturated rings. The number of aromatic nitrogens is 4. The Hall–Kier alpha value is -4.58. The third-order valence-corrected chi connectivity index (χ3v) is 6.46. The molecule has 4 aromatic carbocycles. The Morgan fingerprint density at radius 1 is 0.778 bits per heavy atom. The van der Waals surface area contributed by atoms with E-state index in [9.17, 15) is 9.90 Å². The molecule has 0 spiro atoms. The first kappa shape index (κ1) is 23.2. The summed E-state index contributed by atoms with van der Waals surface area (Å²) in [7, 11) is 0. The van der Waals surface area contributed by atoms with E-state index in [1.807, 2.05) is 78.9 Å². The van der Waals surface area contributed by atoms with Crippen molar-refractivity contribution in [3.8, 4) is 11.4 Å². The van der Waals surface area contributed by atoms with Gasteiger partial charge in [-0.15, -0.1) is 15.0 Å². The van der Waals surface area contributed by atoms with Gasteiger partial charge in [-0.05, 0) is 33.9 Å². The highest BCUT2D eigenvalue weighted by molar-refractivity contribution is 5.70. The van der Waals surface area contributed by atoms with Crippen LogP contribution in [-0.4, -0.2) is 31.3 Å². The smallest absolute Gasteiger partial charge is 0.306 e. The number of rotatable bonds is 8. The summed E-state index contributed by atoms with van der Waals surface area (Å²) in [6.45, 7) is 1.71. The molecule has 0 amide bonds. The van der Waals surface area contributed by atoms with Gasteiger partial charge in [0.05, 0.1) is 5.92 Å². The average molecular weight is 475 g/mol. The van der Waals surface area contributed by atoms with Crippen molar-refractivity contribution in [1.82, 2.24) is 20.2 Å². The van der Waals surface area contributed by atoms with Crippen LogP contribution in [0.5, 0.6) is 0 Å². The van der Waals surface area contributed by atoms with Crippen LogP contribution < -0.4 is 0 Å². The van der Waals surface area contributed by atoms with Crippen LogP contribution in [-0.2, 0) is 16.8 Å². The molecule has 1 aromatic heterocycles. The number of tetrazole rings is 1. The molecular formula is C30H26N4O2. The maximum atomic E-state index is 11.2. The van der Waals surface area contributed by atoms with Gasteiger partial charge in [-0.3, -0.25) is 4.79 Å². The minimum atomic E-state index is -0.827. The van der Waals surface area contributed by atoms with Gasteiger partial charge in [0.15, 0.2) is 5.54 Å². The minimum Gasteiger partial charge on any atom is -0.481 e. The predicted molar refractivity (Wildman–Crippen MR) is 138 cm³/mol. The summed E-state index contributed by atoms with van der Waals surface area (Å²) in [4.78, 5) is 12.9. The molecule has 0 aliphatic carbocycles. The first-order valence-electron chi connectivity index (χ1n) is 11.9. The first-order chi connectivity index (χ1) is 17.6. The zero-order valence-electron chi connectivity index (χ0n) is 19.9. The number of nitrogens with zero attached hydrogens (tertiary/aromatic N) is 4. The monoisotopic (exact) mass is 474 g/mol. The topological polar surface area (TPSA) is 80.9 Å². The molecular weight excluding hydrogens is 448 g/mol. The Labute approximate surface area is 209 Å². The molecule has 0 bridgehead atoms. The molecule has 1 heterocycles. The maximum Gasteiger partial charge on any atom is 0.306 e. The quantitative estimate of drug-likeness (QED) is 0.303. The van der Waals surface area contributed by atoms with Crippen LogP contribution >= 0.6 is 0 Å². The Morgan fingerprint density at radius 3 is 1.69 bits per heavy atom. The molecule has 6 heteroatoms. The van der Waals surface area contributed by atoms with Crippen molar-refractivity contribution in [3.63, 3.8) is 0 Å². The van der Waals surface area contributed by atoms with Crippen LogP contribution in [0.4, 0.5) is 0 Å². The molecule has 0 unspecified atom stereocenters. The lowest BCUT2D eigenvalue weighted by Crippen LogP contribution is -2.39. The van der Waals surface area contributed by atoms with Crippen LogP contribution in [0.1, 0.15) is 29.2 Å². The number of carbonyl (C=O) groups is 1. The lowest BCUT2D eigenvalue weighted by atomic mass is 9.77. The van der Waals surface area contributed by atoms with E-state index in [1.54, 1.807) is 11.7 Å². The SMILES string of the molecule is C[C@@H](Cc1ccc(-c2nnn(C(c3ccccc3)(c3ccccc3)c3ccccc3)n2)cc1)C(=O)O. The second-order valence-electron chi connectivity index (χ2n) is 8.85. The number of aliphatic carboxylic acids is 1. The summed E-state index contributed by atoms with van der Waals surface area (Å²) in [5.74, 6) is -0.749. The minimum absolute atomic E-state index is 0.446. The van der Waals surface area contributed by atoms with Gasteiger partial charge in [0.1, 0.15) is 0 Å². The molecule has 0 saturated heterocycles. The van der Waals surface area contributed by atoms with Crippen molar-refractivity contribution in [2.75, 3.05) is 0 Å². The van der Waals surface area contributed by atoms with E-state index in [1.165, 1.54) is 0 Å². The highest BCUT2D eigenvalue weighted by Gasteiger charge is 2.41. The summed E-state index contributed by atoms with van der Waals surface area (Å²) in [6.07, 6.45) is 0.467. The average Bonchev–Trinajstić information content (AvgIpc) is 3.42. The molecule has 0 aliphatic rings. The van der Waals surface area contributed by atoms with Gasteiger partial charge in [-0.25, -0.2) is 0 Å². The van der Waals surface area contributed by atoms with E-state index in [0.29, 0.717) is 12.2 Å². The predicted octanol–water partition coefficient (Wildman–Crippen LogP) is 5.44. The van der Waals surface area contributed by atoms with Gasteiger partial charge in [0.25, 0.3) is 0 Å². The van der Waals surface area contributed by atoms with E-state index in [2.05, 4.69) is 46.7 Å². The fourth-order valence-corrected chi connectivity index (χ4v) is 4.59. The highest BCUT2D eigenvalue weighted by Crippen LogP contribution is 2.39. The fourth-order valence-electron chi connectivity index (χ4n) is 4.59. The Kier molecular flexibility index (Phi) is 6.41. The number of carboxylic acid groups (broad SMARTS) is 1. The van der Waals surface area contributed by atoms with Crippen LogP contribution in [0.3, 0.4) is 0 Å². The molecule has 0 radical (unpaired) electrons. The normalized spacial score (nSPS) is 12.2. The van der Waals surface area contributed by atoms with Crippen molar-refractivity contribution in [2.24, 2.45) is 5.92 Å². The van der Waals surface area contributed by atoms with E-state index < -0.39 is 17.4 Å². The van der Waals surface area contributed by atoms with Gasteiger partial charge in [-0.1, -0.05) is 122 Å². The molecule has 36 heavy (non-hydrogen) atoms. The summed E-state index contributed by atoms with van der Waals surface area (Å²) < 4.78 is 0. The van der Waals surface area contributed by atoms with Crippen molar-refractivity contribution in [1.29, 1.82) is 0 Å². The van der Waals surface area contributed by atoms with Gasteiger partial charge in [-0.2, -0.15) is 0 Å². The Morgan fingerprint density at radius 2 is 1.25 bits per heavy atom. The van der Waals surface area contributed by atoms with Crippen molar-refractivity contribution in [3.05, 3.63) is 138 Å². The number of benzene rings is 4. The highest BCUT2D eigenvalue weighted by atomic mass is 16.4. The van der Waals surface area contributed by atoms with E-state index >= 15 is 0 Å². The lowest BCUT2D eigenvalue weighted by molar-refractivity contribution is -0.141. The van der Waals surface area contributed by atoms with Crippen molar-refractivity contribution >= 4 is 5.97 Å². The molecule has 1 N–H and O–H groups in total. The van der Waals surface area contributed by atoms with Crippen LogP contribution in [0.25, 0.3) is 11.4 Å². The summed E-state index contributed by atoms with van der Waals surface area (Å²) in [5, 5.41) is 23.1. The van der Waals surface area contributed by atoms with E-state index in [4.69, 9.17) is 5.10 Å². The van der Waals surface area contributed by atoms with Crippen LogP contribution in [0.15, 0.2) is 115 Å². The first-order valence-corrected chi connectivity index (χ1v) is 11.9. The van der Waals surface area contributed by atoms with Crippen LogP contribution in [0, 0.1) is 5.92 Å². The number of hydrogen-bond acceptors (Lipinski definition) is 4. The third-order valence-electron chi connectivity index (χ3n) is 6.46. The standard InChI is InChI=1S/C30H26N4O2/c1-22(29(35)36)21-23-17-19-24(20-18-23)28-31-33-34(32-28)30(25-11-5-2-6-12-25,26-13-7-3-8-14-26)27-15-9-4-10-16-27/h2-20,22H,21H2,1H3,(H,35,36)/t22-/m0/s1. The zero-order valence-corrected chi connectivity index (χ0v) is 19.9. The molecule has 0 saturated carbocycles. The van der Waals surface area contributed by atoms with E-state index in [0.717, 1.165) is 27.8 Å². The van der Waals surface area contributed by atoms with Crippen molar-refractivity contribution in [2.45, 2.75) is 18.9 Å². The zero-order chi connectivity index (χ0) is 25.0. The summed E-state index contributed by atoms with van der Waals surface area (Å²) in [5.41, 5.74) is 3.99. The number of hydrogen-bond donors (Lipinski definition) is 1. The third kappa shape index (κ3) is 4.29. The maximum absolute atomic E-state index is 11.2. The van der Waals surface area contributed by atoms with Crippen LogP contribution in [0.2, 0.25) is 0 Å². The largest absolute Gasteiger partial charge is 0.481 e. The summed E-state index contributed by atoms with van der Waals surface area (Å²) in [6, 6.07) is 38.3. The molecule has 178 valence electrons. The molecule has 5 rings (SSSR count). The second kappa shape index (κ2) is 9.96. The Bertz CT molecular complexity index is 1340. The van der Waals surface area contributed by atoms with E-state index in [-0.39, 0.29) is 0 Å². The van der Waals surface area contributed by atoms with Crippen molar-refractivity contribution < 1.29 is 9.90 Å². The van der Waals surface area contributed by atoms with Gasteiger partial charge in [0, 0.05) is 5.56 Å². The number of carboxylic acids is 1. The molecule has 6 nitrogen and oxygen atoms in total. The lowest BCUT2D eigenvalue weighted by Gasteiger charge is -2.34. The second-order valence-corrected chi connectivity index (χ2v) is 8.85. The fraction of sp³-hybridized carbons (Fsp3) is 0.133.